The molecule has 0 amide bonds. The molecule has 0 aliphatic carbocycles. The SMILES string of the molecule is O=C(O)c1csc(-c2csc(CCOCC(F)(F)F)n2)c1. The highest BCUT2D eigenvalue weighted by Crippen LogP contribution is 2.28. The molecule has 0 aliphatic heterocycles. The lowest BCUT2D eigenvalue weighted by Crippen LogP contribution is -2.17. The highest BCUT2D eigenvalue weighted by Gasteiger charge is 2.27. The number of hydrogen-bond acceptors (Lipinski definition) is 5. The van der Waals surface area contributed by atoms with E-state index in [0.29, 0.717) is 15.6 Å². The highest BCUT2D eigenvalue weighted by atomic mass is 32.1. The summed E-state index contributed by atoms with van der Waals surface area (Å²) in [5.74, 6) is -1.01. The molecule has 2 aromatic rings. The fraction of sp³-hybridized carbons (Fsp3) is 0.333. The monoisotopic (exact) mass is 337 g/mol. The van der Waals surface area contributed by atoms with E-state index in [4.69, 9.17) is 5.11 Å². The van der Waals surface area contributed by atoms with Crippen LogP contribution in [0, 0.1) is 0 Å². The molecule has 0 atom stereocenters. The second kappa shape index (κ2) is 6.54. The maximum absolute atomic E-state index is 11.9. The van der Waals surface area contributed by atoms with Crippen LogP contribution in [0.15, 0.2) is 16.8 Å². The van der Waals surface area contributed by atoms with Crippen molar-refractivity contribution in [1.29, 1.82) is 0 Å². The van der Waals surface area contributed by atoms with E-state index in [1.807, 2.05) is 0 Å². The summed E-state index contributed by atoms with van der Waals surface area (Å²) in [4.78, 5) is 15.8. The molecule has 0 unspecified atom stereocenters. The third kappa shape index (κ3) is 4.80. The Bertz CT molecular complexity index is 621. The lowest BCUT2D eigenvalue weighted by molar-refractivity contribution is -0.173. The van der Waals surface area contributed by atoms with E-state index in [1.165, 1.54) is 34.1 Å². The Morgan fingerprint density at radius 1 is 1.33 bits per heavy atom. The highest BCUT2D eigenvalue weighted by molar-refractivity contribution is 7.14. The molecule has 4 nitrogen and oxygen atoms in total. The number of aromatic carboxylic acids is 1. The van der Waals surface area contributed by atoms with Crippen LogP contribution < -0.4 is 0 Å². The zero-order valence-electron chi connectivity index (χ0n) is 10.5. The van der Waals surface area contributed by atoms with E-state index in [1.54, 1.807) is 5.38 Å². The third-order valence-corrected chi connectivity index (χ3v) is 4.24. The molecule has 0 bridgehead atoms. The molecule has 1 N–H and O–H groups in total. The molecule has 0 aliphatic rings. The average molecular weight is 337 g/mol. The number of halogens is 3. The first kappa shape index (κ1) is 15.9. The Kier molecular flexibility index (Phi) is 4.96. The van der Waals surface area contributed by atoms with Gasteiger partial charge in [-0.2, -0.15) is 13.2 Å². The molecule has 0 saturated heterocycles. The van der Waals surface area contributed by atoms with Gasteiger partial charge in [0.1, 0.15) is 6.61 Å². The number of nitrogens with zero attached hydrogens (tertiary/aromatic N) is 1. The quantitative estimate of drug-likeness (QED) is 0.817. The van der Waals surface area contributed by atoms with Crippen LogP contribution in [-0.2, 0) is 11.2 Å². The number of carbonyl (C=O) groups is 1. The molecule has 0 saturated carbocycles. The molecular weight excluding hydrogens is 327 g/mol. The van der Waals surface area contributed by atoms with Crippen molar-refractivity contribution in [2.75, 3.05) is 13.2 Å². The molecule has 2 rings (SSSR count). The molecule has 0 radical (unpaired) electrons. The maximum Gasteiger partial charge on any atom is 0.411 e. The standard InChI is InChI=1S/C12H10F3NO3S2/c13-12(14,15)6-19-2-1-10-16-8(5-21-10)9-3-7(4-20-9)11(17)18/h3-5H,1-2,6H2,(H,17,18). The van der Waals surface area contributed by atoms with Crippen LogP contribution >= 0.6 is 22.7 Å². The summed E-state index contributed by atoms with van der Waals surface area (Å²) in [7, 11) is 0. The minimum atomic E-state index is -4.32. The Balaban J connectivity index is 1.90. The predicted molar refractivity (Wildman–Crippen MR) is 73.0 cm³/mol. The van der Waals surface area contributed by atoms with Gasteiger partial charge in [0.15, 0.2) is 0 Å². The topological polar surface area (TPSA) is 59.4 Å². The molecule has 0 aromatic carbocycles. The second-order valence-electron chi connectivity index (χ2n) is 4.05. The van der Waals surface area contributed by atoms with Gasteiger partial charge >= 0.3 is 12.1 Å². The van der Waals surface area contributed by atoms with Crippen LogP contribution in [0.4, 0.5) is 13.2 Å². The van der Waals surface area contributed by atoms with Gasteiger partial charge in [0, 0.05) is 17.2 Å². The molecule has 2 aromatic heterocycles. The number of aromatic nitrogens is 1. The van der Waals surface area contributed by atoms with Crippen molar-refractivity contribution in [1.82, 2.24) is 4.98 Å². The Morgan fingerprint density at radius 2 is 2.10 bits per heavy atom. The fourth-order valence-corrected chi connectivity index (χ4v) is 3.17. The Labute approximate surface area is 125 Å². The number of thiophene rings is 1. The normalized spacial score (nSPS) is 11.8. The lowest BCUT2D eigenvalue weighted by atomic mass is 10.3. The van der Waals surface area contributed by atoms with Crippen molar-refractivity contribution in [3.05, 3.63) is 27.4 Å². The first-order chi connectivity index (χ1) is 9.85. The van der Waals surface area contributed by atoms with Crippen molar-refractivity contribution in [3.8, 4) is 10.6 Å². The summed E-state index contributed by atoms with van der Waals surface area (Å²) in [5, 5.41) is 12.8. The fourth-order valence-electron chi connectivity index (χ4n) is 1.47. The van der Waals surface area contributed by atoms with Crippen LogP contribution in [0.2, 0.25) is 0 Å². The van der Waals surface area contributed by atoms with E-state index < -0.39 is 18.8 Å². The van der Waals surface area contributed by atoms with Gasteiger partial charge in [-0.15, -0.1) is 22.7 Å². The molecule has 9 heteroatoms. The van der Waals surface area contributed by atoms with E-state index in [2.05, 4.69) is 9.72 Å². The van der Waals surface area contributed by atoms with E-state index in [-0.39, 0.29) is 18.6 Å². The van der Waals surface area contributed by atoms with Crippen LogP contribution in [0.5, 0.6) is 0 Å². The van der Waals surface area contributed by atoms with E-state index in [9.17, 15) is 18.0 Å². The van der Waals surface area contributed by atoms with Crippen LogP contribution in [0.3, 0.4) is 0 Å². The van der Waals surface area contributed by atoms with Crippen molar-refractivity contribution in [3.63, 3.8) is 0 Å². The number of rotatable bonds is 6. The van der Waals surface area contributed by atoms with Crippen LogP contribution in [0.25, 0.3) is 10.6 Å². The van der Waals surface area contributed by atoms with Gasteiger partial charge < -0.3 is 9.84 Å². The first-order valence-electron chi connectivity index (χ1n) is 5.76. The number of ether oxygens (including phenoxy) is 1. The molecule has 0 fully saturated rings. The predicted octanol–water partition coefficient (Wildman–Crippen LogP) is 3.69. The average Bonchev–Trinajstić information content (AvgIpc) is 3.02. The van der Waals surface area contributed by atoms with Gasteiger partial charge in [0.05, 0.1) is 27.7 Å². The van der Waals surface area contributed by atoms with Crippen LogP contribution in [-0.4, -0.2) is 35.4 Å². The number of carboxylic acids is 1. The summed E-state index contributed by atoms with van der Waals surface area (Å²) in [6, 6.07) is 1.52. The van der Waals surface area contributed by atoms with Gasteiger partial charge in [-0.25, -0.2) is 9.78 Å². The largest absolute Gasteiger partial charge is 0.478 e. The number of alkyl halides is 3. The van der Waals surface area contributed by atoms with Gasteiger partial charge in [0.2, 0.25) is 0 Å². The summed E-state index contributed by atoms with van der Waals surface area (Å²) in [6.07, 6.45) is -4.03. The zero-order chi connectivity index (χ0) is 15.5. The van der Waals surface area contributed by atoms with Gasteiger partial charge in [-0.05, 0) is 6.07 Å². The number of hydrogen-bond donors (Lipinski definition) is 1. The number of thiazole rings is 1. The van der Waals surface area contributed by atoms with E-state index >= 15 is 0 Å². The van der Waals surface area contributed by atoms with Crippen molar-refractivity contribution < 1.29 is 27.8 Å². The van der Waals surface area contributed by atoms with E-state index in [0.717, 1.165) is 0 Å². The van der Waals surface area contributed by atoms with Crippen molar-refractivity contribution >= 4 is 28.6 Å². The summed E-state index contributed by atoms with van der Waals surface area (Å²) in [5.41, 5.74) is 0.821. The van der Waals surface area contributed by atoms with Crippen molar-refractivity contribution in [2.24, 2.45) is 0 Å². The molecule has 21 heavy (non-hydrogen) atoms. The van der Waals surface area contributed by atoms with Gasteiger partial charge in [-0.3, -0.25) is 0 Å². The second-order valence-corrected chi connectivity index (χ2v) is 5.90. The molecule has 0 spiro atoms. The minimum Gasteiger partial charge on any atom is -0.478 e. The molecule has 114 valence electrons. The molecule has 2 heterocycles. The van der Waals surface area contributed by atoms with Gasteiger partial charge in [-0.1, -0.05) is 0 Å². The molecular formula is C12H10F3NO3S2. The summed E-state index contributed by atoms with van der Waals surface area (Å²) >= 11 is 2.57. The lowest BCUT2D eigenvalue weighted by Gasteiger charge is -2.06. The Hall–Kier alpha value is -1.45. The number of carboxylic acid groups (broad SMARTS) is 1. The maximum atomic E-state index is 11.9. The van der Waals surface area contributed by atoms with Gasteiger partial charge in [0.25, 0.3) is 0 Å². The smallest absolute Gasteiger partial charge is 0.411 e. The minimum absolute atomic E-state index is 0.0583. The summed E-state index contributed by atoms with van der Waals surface area (Å²) in [6.45, 7) is -1.32. The van der Waals surface area contributed by atoms with Crippen molar-refractivity contribution in [2.45, 2.75) is 12.6 Å². The summed E-state index contributed by atoms with van der Waals surface area (Å²) < 4.78 is 40.2. The van der Waals surface area contributed by atoms with Crippen LogP contribution in [0.1, 0.15) is 15.4 Å². The first-order valence-corrected chi connectivity index (χ1v) is 7.52. The Morgan fingerprint density at radius 3 is 2.71 bits per heavy atom. The zero-order valence-corrected chi connectivity index (χ0v) is 12.1. The third-order valence-electron chi connectivity index (χ3n) is 2.38.